The third kappa shape index (κ3) is 5.23. The molecule has 3 aromatic rings. The van der Waals surface area contributed by atoms with Gasteiger partial charge in [0.15, 0.2) is 0 Å². The van der Waals surface area contributed by atoms with E-state index in [1.807, 2.05) is 48.5 Å². The van der Waals surface area contributed by atoms with Gasteiger partial charge in [0.1, 0.15) is 12.4 Å². The predicted molar refractivity (Wildman–Crippen MR) is 106 cm³/mol. The van der Waals surface area contributed by atoms with Gasteiger partial charge in [-0.1, -0.05) is 71.7 Å². The summed E-state index contributed by atoms with van der Waals surface area (Å²) in [5, 5.41) is 4.49. The Kier molecular flexibility index (Phi) is 6.35. The molecule has 0 atom stereocenters. The summed E-state index contributed by atoms with van der Waals surface area (Å²) in [5.41, 5.74) is 3.49. The average molecular weight is 372 g/mol. The molecule has 0 radical (unpaired) electrons. The van der Waals surface area contributed by atoms with E-state index in [0.29, 0.717) is 16.7 Å². The van der Waals surface area contributed by atoms with Crippen molar-refractivity contribution in [2.45, 2.75) is 6.54 Å². The van der Waals surface area contributed by atoms with Gasteiger partial charge in [0.2, 0.25) is 0 Å². The molecule has 4 heteroatoms. The molecule has 3 aromatic carbocycles. The van der Waals surface area contributed by atoms with Crippen molar-refractivity contribution in [1.82, 2.24) is 5.32 Å². The van der Waals surface area contributed by atoms with Crippen LogP contribution in [0.15, 0.2) is 72.8 Å². The highest BCUT2D eigenvalue weighted by molar-refractivity contribution is 6.42. The van der Waals surface area contributed by atoms with Crippen molar-refractivity contribution in [3.8, 4) is 16.9 Å². The van der Waals surface area contributed by atoms with Crippen molar-refractivity contribution >= 4 is 23.2 Å². The Morgan fingerprint density at radius 2 is 1.48 bits per heavy atom. The van der Waals surface area contributed by atoms with Crippen LogP contribution in [0.25, 0.3) is 11.1 Å². The number of benzene rings is 3. The lowest BCUT2D eigenvalue weighted by atomic mass is 10.1. The van der Waals surface area contributed by atoms with E-state index >= 15 is 0 Å². The Balaban J connectivity index is 1.42. The maximum atomic E-state index is 6.01. The molecule has 0 amide bonds. The molecule has 0 fully saturated rings. The van der Waals surface area contributed by atoms with E-state index in [4.69, 9.17) is 27.9 Å². The number of nitrogens with one attached hydrogen (secondary N) is 1. The first-order valence-electron chi connectivity index (χ1n) is 8.15. The minimum absolute atomic E-state index is 0.577. The van der Waals surface area contributed by atoms with E-state index in [1.165, 1.54) is 11.1 Å². The summed E-state index contributed by atoms with van der Waals surface area (Å²) in [5.74, 6) is 0.871. The summed E-state index contributed by atoms with van der Waals surface area (Å²) in [7, 11) is 0. The molecule has 0 saturated carbocycles. The maximum Gasteiger partial charge on any atom is 0.119 e. The van der Waals surface area contributed by atoms with Gasteiger partial charge in [0.05, 0.1) is 10.0 Å². The molecule has 0 spiro atoms. The molecule has 0 aliphatic carbocycles. The lowest BCUT2D eigenvalue weighted by Crippen LogP contribution is -2.20. The summed E-state index contributed by atoms with van der Waals surface area (Å²) in [4.78, 5) is 0. The quantitative estimate of drug-likeness (QED) is 0.527. The molecule has 25 heavy (non-hydrogen) atoms. The number of rotatable bonds is 7. The van der Waals surface area contributed by atoms with E-state index in [-0.39, 0.29) is 0 Å². The fourth-order valence-corrected chi connectivity index (χ4v) is 2.82. The van der Waals surface area contributed by atoms with Crippen molar-refractivity contribution < 1.29 is 4.74 Å². The molecule has 0 aromatic heterocycles. The summed E-state index contributed by atoms with van der Waals surface area (Å²) < 4.78 is 5.77. The second-order valence-electron chi connectivity index (χ2n) is 5.66. The zero-order valence-electron chi connectivity index (χ0n) is 13.7. The molecule has 1 N–H and O–H groups in total. The van der Waals surface area contributed by atoms with Gasteiger partial charge in [-0.25, -0.2) is 0 Å². The molecule has 0 aliphatic heterocycles. The van der Waals surface area contributed by atoms with E-state index in [1.54, 1.807) is 0 Å². The lowest BCUT2D eigenvalue weighted by molar-refractivity contribution is 0.313. The molecule has 0 saturated heterocycles. The summed E-state index contributed by atoms with van der Waals surface area (Å²) in [6.07, 6.45) is 0. The maximum absolute atomic E-state index is 6.01. The van der Waals surface area contributed by atoms with Crippen molar-refractivity contribution in [2.75, 3.05) is 13.2 Å². The Morgan fingerprint density at radius 3 is 2.20 bits per heavy atom. The van der Waals surface area contributed by atoms with Crippen LogP contribution in [0.3, 0.4) is 0 Å². The fraction of sp³-hybridized carbons (Fsp3) is 0.143. The standard InChI is InChI=1S/C21H19Cl2NO/c22-20-11-6-16(14-21(20)23)15-24-12-13-25-19-9-7-18(8-10-19)17-4-2-1-3-5-17/h1-11,14,24H,12-13,15H2. The second kappa shape index (κ2) is 8.91. The molecular formula is C21H19Cl2NO. The van der Waals surface area contributed by atoms with Gasteiger partial charge in [0.25, 0.3) is 0 Å². The van der Waals surface area contributed by atoms with Gasteiger partial charge >= 0.3 is 0 Å². The van der Waals surface area contributed by atoms with Gasteiger partial charge in [-0.3, -0.25) is 0 Å². The van der Waals surface area contributed by atoms with Crippen molar-refractivity contribution in [3.05, 3.63) is 88.4 Å². The van der Waals surface area contributed by atoms with Crippen LogP contribution < -0.4 is 10.1 Å². The van der Waals surface area contributed by atoms with Gasteiger partial charge in [0, 0.05) is 13.1 Å². The van der Waals surface area contributed by atoms with E-state index in [9.17, 15) is 0 Å². The number of halogens is 2. The number of ether oxygens (including phenoxy) is 1. The highest BCUT2D eigenvalue weighted by Crippen LogP contribution is 2.23. The highest BCUT2D eigenvalue weighted by Gasteiger charge is 2.00. The molecule has 3 rings (SSSR count). The van der Waals surface area contributed by atoms with Crippen molar-refractivity contribution in [3.63, 3.8) is 0 Å². The third-order valence-corrected chi connectivity index (χ3v) is 4.56. The summed E-state index contributed by atoms with van der Waals surface area (Å²) >= 11 is 11.9. The van der Waals surface area contributed by atoms with Gasteiger partial charge in [-0.05, 0) is 41.0 Å². The van der Waals surface area contributed by atoms with Crippen LogP contribution in [0.1, 0.15) is 5.56 Å². The van der Waals surface area contributed by atoms with Crippen LogP contribution >= 0.6 is 23.2 Å². The van der Waals surface area contributed by atoms with Crippen LogP contribution in [0, 0.1) is 0 Å². The molecule has 128 valence electrons. The predicted octanol–water partition coefficient (Wildman–Crippen LogP) is 5.83. The molecule has 0 heterocycles. The summed E-state index contributed by atoms with van der Waals surface area (Å²) in [6, 6.07) is 24.1. The average Bonchev–Trinajstić information content (AvgIpc) is 2.65. The van der Waals surface area contributed by atoms with Crippen LogP contribution in [0.2, 0.25) is 10.0 Å². The minimum Gasteiger partial charge on any atom is -0.492 e. The molecule has 0 bridgehead atoms. The van der Waals surface area contributed by atoms with Crippen LogP contribution in [-0.4, -0.2) is 13.2 Å². The minimum atomic E-state index is 0.577. The highest BCUT2D eigenvalue weighted by atomic mass is 35.5. The van der Waals surface area contributed by atoms with E-state index < -0.39 is 0 Å². The normalized spacial score (nSPS) is 10.6. The number of hydrogen-bond acceptors (Lipinski definition) is 2. The van der Waals surface area contributed by atoms with E-state index in [2.05, 4.69) is 29.6 Å². The fourth-order valence-electron chi connectivity index (χ4n) is 2.50. The van der Waals surface area contributed by atoms with E-state index in [0.717, 1.165) is 24.4 Å². The Labute approximate surface area is 158 Å². The Morgan fingerprint density at radius 1 is 0.760 bits per heavy atom. The largest absolute Gasteiger partial charge is 0.492 e. The Hall–Kier alpha value is -2.00. The smallest absolute Gasteiger partial charge is 0.119 e. The Bertz CT molecular complexity index is 804. The van der Waals surface area contributed by atoms with Crippen LogP contribution in [-0.2, 0) is 6.54 Å². The zero-order valence-corrected chi connectivity index (χ0v) is 15.2. The summed E-state index contributed by atoms with van der Waals surface area (Å²) in [6.45, 7) is 2.08. The first kappa shape index (κ1) is 17.8. The molecule has 0 unspecified atom stereocenters. The van der Waals surface area contributed by atoms with Gasteiger partial charge in [-0.15, -0.1) is 0 Å². The topological polar surface area (TPSA) is 21.3 Å². The SMILES string of the molecule is Clc1ccc(CNCCOc2ccc(-c3ccccc3)cc2)cc1Cl. The van der Waals surface area contributed by atoms with Crippen LogP contribution in [0.5, 0.6) is 5.75 Å². The lowest BCUT2D eigenvalue weighted by Gasteiger charge is -2.09. The number of hydrogen-bond donors (Lipinski definition) is 1. The third-order valence-electron chi connectivity index (χ3n) is 3.82. The molecular weight excluding hydrogens is 353 g/mol. The van der Waals surface area contributed by atoms with Gasteiger partial charge < -0.3 is 10.1 Å². The molecule has 2 nitrogen and oxygen atoms in total. The first-order valence-corrected chi connectivity index (χ1v) is 8.91. The van der Waals surface area contributed by atoms with Crippen molar-refractivity contribution in [2.24, 2.45) is 0 Å². The zero-order chi connectivity index (χ0) is 17.5. The van der Waals surface area contributed by atoms with Crippen LogP contribution in [0.4, 0.5) is 0 Å². The first-order chi connectivity index (χ1) is 12.2. The van der Waals surface area contributed by atoms with Gasteiger partial charge in [-0.2, -0.15) is 0 Å². The van der Waals surface area contributed by atoms with Crippen molar-refractivity contribution in [1.29, 1.82) is 0 Å². The molecule has 0 aliphatic rings. The monoisotopic (exact) mass is 371 g/mol. The second-order valence-corrected chi connectivity index (χ2v) is 6.48.